The molecule has 74 valence electrons. The molecule has 0 aromatic rings. The van der Waals surface area contributed by atoms with Crippen LogP contribution in [-0.2, 0) is 9.53 Å². The van der Waals surface area contributed by atoms with E-state index in [4.69, 9.17) is 4.74 Å². The van der Waals surface area contributed by atoms with Crippen LogP contribution in [0.15, 0.2) is 0 Å². The molecule has 2 rings (SSSR count). The first-order valence-electron chi connectivity index (χ1n) is 5.18. The summed E-state index contributed by atoms with van der Waals surface area (Å²) in [6.45, 7) is 2.60. The predicted molar refractivity (Wildman–Crippen MR) is 49.4 cm³/mol. The zero-order chi connectivity index (χ0) is 9.31. The normalized spacial score (nSPS) is 33.0. The Kier molecular flexibility index (Phi) is 2.28. The minimum absolute atomic E-state index is 0.0229. The molecule has 0 bridgehead atoms. The van der Waals surface area contributed by atoms with Gasteiger partial charge in [-0.3, -0.25) is 10.1 Å². The van der Waals surface area contributed by atoms with Crippen molar-refractivity contribution in [2.45, 2.75) is 50.6 Å². The van der Waals surface area contributed by atoms with Gasteiger partial charge in [0.15, 0.2) is 0 Å². The van der Waals surface area contributed by atoms with E-state index in [1.54, 1.807) is 0 Å². The summed E-state index contributed by atoms with van der Waals surface area (Å²) in [5, 5.41) is 3.41. The third kappa shape index (κ3) is 1.57. The second-order valence-corrected chi connectivity index (χ2v) is 4.29. The van der Waals surface area contributed by atoms with E-state index >= 15 is 0 Å². The Hall–Kier alpha value is -0.570. The zero-order valence-corrected chi connectivity index (χ0v) is 8.14. The monoisotopic (exact) mass is 183 g/mol. The summed E-state index contributed by atoms with van der Waals surface area (Å²) < 4.78 is 5.18. The average molecular weight is 183 g/mol. The van der Waals surface area contributed by atoms with Gasteiger partial charge in [-0.1, -0.05) is 19.3 Å². The number of hydrogen-bond acceptors (Lipinski definition) is 3. The Morgan fingerprint density at radius 2 is 2.08 bits per heavy atom. The van der Waals surface area contributed by atoms with Crippen LogP contribution in [0.5, 0.6) is 0 Å². The zero-order valence-electron chi connectivity index (χ0n) is 8.14. The lowest BCUT2D eigenvalue weighted by Gasteiger charge is -2.41. The van der Waals surface area contributed by atoms with Gasteiger partial charge in [-0.25, -0.2) is 0 Å². The van der Waals surface area contributed by atoms with E-state index in [2.05, 4.69) is 12.2 Å². The number of carbonyl (C=O) groups excluding carboxylic acids is 1. The third-order valence-electron chi connectivity index (χ3n) is 3.08. The summed E-state index contributed by atoms with van der Waals surface area (Å²) in [7, 11) is 0. The van der Waals surface area contributed by atoms with E-state index < -0.39 is 0 Å². The van der Waals surface area contributed by atoms with Gasteiger partial charge in [0, 0.05) is 6.04 Å². The maximum atomic E-state index is 11.6. The smallest absolute Gasteiger partial charge is 0.326 e. The van der Waals surface area contributed by atoms with Crippen molar-refractivity contribution in [1.82, 2.24) is 5.32 Å². The molecule has 1 atom stereocenters. The summed E-state index contributed by atoms with van der Waals surface area (Å²) in [4.78, 5) is 11.6. The van der Waals surface area contributed by atoms with E-state index in [1.807, 2.05) is 0 Å². The number of esters is 1. The first kappa shape index (κ1) is 9.00. The lowest BCUT2D eigenvalue weighted by molar-refractivity contribution is -0.160. The highest BCUT2D eigenvalue weighted by atomic mass is 16.5. The molecule has 1 aliphatic heterocycles. The van der Waals surface area contributed by atoms with Gasteiger partial charge in [0.05, 0.1) is 0 Å². The molecule has 3 heteroatoms. The van der Waals surface area contributed by atoms with E-state index in [0.717, 1.165) is 25.7 Å². The van der Waals surface area contributed by atoms with Crippen molar-refractivity contribution in [2.24, 2.45) is 0 Å². The van der Waals surface area contributed by atoms with Crippen LogP contribution in [0.25, 0.3) is 0 Å². The van der Waals surface area contributed by atoms with E-state index in [-0.39, 0.29) is 11.5 Å². The van der Waals surface area contributed by atoms with Gasteiger partial charge in [0.2, 0.25) is 0 Å². The first-order valence-corrected chi connectivity index (χ1v) is 5.18. The number of ether oxygens (including phenoxy) is 1. The number of carbonyl (C=O) groups is 1. The molecule has 0 aromatic carbocycles. The number of nitrogens with one attached hydrogen (secondary N) is 1. The second kappa shape index (κ2) is 3.29. The fourth-order valence-electron chi connectivity index (χ4n) is 2.41. The van der Waals surface area contributed by atoms with Gasteiger partial charge >= 0.3 is 5.97 Å². The molecule has 0 amide bonds. The third-order valence-corrected chi connectivity index (χ3v) is 3.08. The molecule has 1 saturated heterocycles. The first-order chi connectivity index (χ1) is 6.23. The number of cyclic esters (lactones) is 1. The lowest BCUT2D eigenvalue weighted by atomic mass is 9.80. The number of morpholine rings is 1. The molecule has 3 nitrogen and oxygen atoms in total. The summed E-state index contributed by atoms with van der Waals surface area (Å²) in [5.74, 6) is -0.0229. The van der Waals surface area contributed by atoms with Crippen LogP contribution in [0.2, 0.25) is 0 Å². The van der Waals surface area contributed by atoms with Gasteiger partial charge in [-0.2, -0.15) is 0 Å². The SMILES string of the molecule is C[C@H]1COC(=O)C2(CCCCC2)N1. The largest absolute Gasteiger partial charge is 0.463 e. The van der Waals surface area contributed by atoms with Crippen LogP contribution in [0.1, 0.15) is 39.0 Å². The summed E-state index contributed by atoms with van der Waals surface area (Å²) >= 11 is 0. The van der Waals surface area contributed by atoms with Crippen molar-refractivity contribution < 1.29 is 9.53 Å². The summed E-state index contributed by atoms with van der Waals surface area (Å²) in [5.41, 5.74) is -0.323. The Morgan fingerprint density at radius 1 is 1.38 bits per heavy atom. The molecule has 1 N–H and O–H groups in total. The molecule has 0 aromatic heterocycles. The van der Waals surface area contributed by atoms with Crippen LogP contribution in [0, 0.1) is 0 Å². The minimum atomic E-state index is -0.323. The van der Waals surface area contributed by atoms with E-state index in [1.165, 1.54) is 6.42 Å². The highest BCUT2D eigenvalue weighted by Crippen LogP contribution is 2.31. The van der Waals surface area contributed by atoms with Gasteiger partial charge < -0.3 is 4.74 Å². The van der Waals surface area contributed by atoms with Gasteiger partial charge in [-0.05, 0) is 19.8 Å². The molecule has 13 heavy (non-hydrogen) atoms. The van der Waals surface area contributed by atoms with E-state index in [9.17, 15) is 4.79 Å². The number of rotatable bonds is 0. The highest BCUT2D eigenvalue weighted by molar-refractivity contribution is 5.81. The molecule has 0 radical (unpaired) electrons. The Morgan fingerprint density at radius 3 is 2.77 bits per heavy atom. The quantitative estimate of drug-likeness (QED) is 0.574. The maximum absolute atomic E-state index is 11.6. The standard InChI is InChI=1S/C10H17NO2/c1-8-7-13-9(12)10(11-8)5-3-2-4-6-10/h8,11H,2-7H2,1H3/t8-/m0/s1. The Bertz CT molecular complexity index is 209. The van der Waals surface area contributed by atoms with Crippen LogP contribution in [-0.4, -0.2) is 24.2 Å². The van der Waals surface area contributed by atoms with Crippen molar-refractivity contribution in [1.29, 1.82) is 0 Å². The maximum Gasteiger partial charge on any atom is 0.326 e. The van der Waals surface area contributed by atoms with Crippen LogP contribution in [0.4, 0.5) is 0 Å². The van der Waals surface area contributed by atoms with Gasteiger partial charge in [0.25, 0.3) is 0 Å². The second-order valence-electron chi connectivity index (χ2n) is 4.29. The molecule has 1 aliphatic carbocycles. The number of hydrogen-bond donors (Lipinski definition) is 1. The fourth-order valence-corrected chi connectivity index (χ4v) is 2.41. The molecule has 1 heterocycles. The average Bonchev–Trinajstić information content (AvgIpc) is 2.14. The van der Waals surface area contributed by atoms with Crippen LogP contribution < -0.4 is 5.32 Å². The summed E-state index contributed by atoms with van der Waals surface area (Å²) in [6.07, 6.45) is 5.46. The molecule has 0 unspecified atom stereocenters. The van der Waals surface area contributed by atoms with Gasteiger partial charge in [0.1, 0.15) is 12.1 Å². The predicted octanol–water partition coefficient (Wildman–Crippen LogP) is 1.22. The fraction of sp³-hybridized carbons (Fsp3) is 0.900. The van der Waals surface area contributed by atoms with Crippen molar-refractivity contribution in [3.05, 3.63) is 0 Å². The topological polar surface area (TPSA) is 38.3 Å². The molecule has 1 spiro atoms. The van der Waals surface area contributed by atoms with Crippen molar-refractivity contribution in [3.63, 3.8) is 0 Å². The van der Waals surface area contributed by atoms with Crippen LogP contribution >= 0.6 is 0 Å². The van der Waals surface area contributed by atoms with Crippen molar-refractivity contribution in [2.75, 3.05) is 6.61 Å². The van der Waals surface area contributed by atoms with Crippen molar-refractivity contribution >= 4 is 5.97 Å². The molecule has 1 saturated carbocycles. The molecular weight excluding hydrogens is 166 g/mol. The van der Waals surface area contributed by atoms with E-state index in [0.29, 0.717) is 12.6 Å². The van der Waals surface area contributed by atoms with Crippen molar-refractivity contribution in [3.8, 4) is 0 Å². The highest BCUT2D eigenvalue weighted by Gasteiger charge is 2.44. The molecule has 2 aliphatic rings. The lowest BCUT2D eigenvalue weighted by Crippen LogP contribution is -2.62. The van der Waals surface area contributed by atoms with Crippen LogP contribution in [0.3, 0.4) is 0 Å². The minimum Gasteiger partial charge on any atom is -0.463 e. The Balaban J connectivity index is 2.11. The Labute approximate surface area is 78.8 Å². The summed E-state index contributed by atoms with van der Waals surface area (Å²) in [6, 6.07) is 0.316. The molecule has 2 fully saturated rings. The molecular formula is C10H17NO2. The van der Waals surface area contributed by atoms with Gasteiger partial charge in [-0.15, -0.1) is 0 Å².